The first-order chi connectivity index (χ1) is 10.1. The van der Waals surface area contributed by atoms with Gasteiger partial charge in [0.1, 0.15) is 17.7 Å². The quantitative estimate of drug-likeness (QED) is 0.876. The molecule has 1 aromatic carbocycles. The molecule has 2 N–H and O–H groups in total. The lowest BCUT2D eigenvalue weighted by atomic mass is 10.3. The molecule has 2 heterocycles. The van der Waals surface area contributed by atoms with E-state index in [1.54, 1.807) is 24.4 Å². The number of rotatable bonds is 3. The van der Waals surface area contributed by atoms with Crippen molar-refractivity contribution >= 4 is 34.7 Å². The van der Waals surface area contributed by atoms with E-state index in [0.29, 0.717) is 21.5 Å². The lowest BCUT2D eigenvalue weighted by Crippen LogP contribution is -2.25. The van der Waals surface area contributed by atoms with Crippen LogP contribution in [0.4, 0.5) is 11.5 Å². The summed E-state index contributed by atoms with van der Waals surface area (Å²) in [6.45, 7) is 1.67. The highest BCUT2D eigenvalue weighted by atomic mass is 35.5. The van der Waals surface area contributed by atoms with E-state index >= 15 is 0 Å². The molecule has 110 valence electrons. The standard InChI is InChI=1S/C15H15Cl2N3O/c16-10-1-4-15(19-8-10)20-6-5-12(9-20)21-14-3-2-11(18)7-13(14)17/h1-4,7-8,12H,5-6,9,18H2. The first-order valence-corrected chi connectivity index (χ1v) is 7.45. The van der Waals surface area contributed by atoms with E-state index in [1.165, 1.54) is 0 Å². The van der Waals surface area contributed by atoms with Crippen molar-refractivity contribution in [1.29, 1.82) is 0 Å². The van der Waals surface area contributed by atoms with Crippen molar-refractivity contribution in [3.05, 3.63) is 46.6 Å². The molecule has 21 heavy (non-hydrogen) atoms. The van der Waals surface area contributed by atoms with E-state index in [1.807, 2.05) is 12.1 Å². The molecule has 1 unspecified atom stereocenters. The Morgan fingerprint density at radius 3 is 2.81 bits per heavy atom. The van der Waals surface area contributed by atoms with Crippen LogP contribution in [0.25, 0.3) is 0 Å². The predicted octanol–water partition coefficient (Wildman–Crippen LogP) is 3.63. The zero-order valence-electron chi connectivity index (χ0n) is 11.3. The normalized spacial score (nSPS) is 18.0. The van der Waals surface area contributed by atoms with Crippen LogP contribution in [0.2, 0.25) is 10.0 Å². The molecular weight excluding hydrogens is 309 g/mol. The Morgan fingerprint density at radius 2 is 2.10 bits per heavy atom. The van der Waals surface area contributed by atoms with Gasteiger partial charge in [-0.3, -0.25) is 0 Å². The Bertz CT molecular complexity index is 633. The van der Waals surface area contributed by atoms with Crippen molar-refractivity contribution in [2.24, 2.45) is 0 Å². The van der Waals surface area contributed by atoms with E-state index < -0.39 is 0 Å². The topological polar surface area (TPSA) is 51.4 Å². The number of nitrogens with two attached hydrogens (primary N) is 1. The number of anilines is 2. The molecule has 1 aliphatic rings. The van der Waals surface area contributed by atoms with Gasteiger partial charge < -0.3 is 15.4 Å². The Kier molecular flexibility index (Phi) is 4.08. The molecule has 0 spiro atoms. The first-order valence-electron chi connectivity index (χ1n) is 6.70. The predicted molar refractivity (Wildman–Crippen MR) is 86.4 cm³/mol. The van der Waals surface area contributed by atoms with Gasteiger partial charge in [0.05, 0.1) is 16.6 Å². The second kappa shape index (κ2) is 6.00. The Hall–Kier alpha value is -1.65. The zero-order chi connectivity index (χ0) is 14.8. The molecule has 1 aliphatic heterocycles. The molecule has 0 aliphatic carbocycles. The van der Waals surface area contributed by atoms with Gasteiger partial charge in [-0.05, 0) is 30.3 Å². The van der Waals surface area contributed by atoms with E-state index in [2.05, 4.69) is 9.88 Å². The smallest absolute Gasteiger partial charge is 0.138 e. The second-order valence-corrected chi connectivity index (χ2v) is 5.84. The number of benzene rings is 1. The summed E-state index contributed by atoms with van der Waals surface area (Å²) in [5.74, 6) is 1.58. The van der Waals surface area contributed by atoms with Gasteiger partial charge >= 0.3 is 0 Å². The number of nitrogens with zero attached hydrogens (tertiary/aromatic N) is 2. The summed E-state index contributed by atoms with van der Waals surface area (Å²) < 4.78 is 5.95. The van der Waals surface area contributed by atoms with Crippen molar-refractivity contribution in [3.8, 4) is 5.75 Å². The van der Waals surface area contributed by atoms with Crippen LogP contribution in [-0.2, 0) is 0 Å². The Labute approximate surface area is 133 Å². The number of hydrogen-bond acceptors (Lipinski definition) is 4. The SMILES string of the molecule is Nc1ccc(OC2CCN(c3ccc(Cl)cn3)C2)c(Cl)c1. The molecule has 6 heteroatoms. The van der Waals surface area contributed by atoms with Crippen LogP contribution in [0.5, 0.6) is 5.75 Å². The summed E-state index contributed by atoms with van der Waals surface area (Å²) in [5.41, 5.74) is 6.31. The molecule has 2 aromatic rings. The van der Waals surface area contributed by atoms with Gasteiger partial charge in [0.2, 0.25) is 0 Å². The average molecular weight is 324 g/mol. The number of pyridine rings is 1. The summed E-state index contributed by atoms with van der Waals surface area (Å²) in [6.07, 6.45) is 2.66. The van der Waals surface area contributed by atoms with Crippen molar-refractivity contribution in [1.82, 2.24) is 4.98 Å². The van der Waals surface area contributed by atoms with E-state index in [4.69, 9.17) is 33.7 Å². The van der Waals surface area contributed by atoms with Crippen molar-refractivity contribution < 1.29 is 4.74 Å². The Morgan fingerprint density at radius 1 is 1.24 bits per heavy atom. The molecule has 1 fully saturated rings. The molecule has 0 saturated carbocycles. The van der Waals surface area contributed by atoms with Crippen LogP contribution in [0.15, 0.2) is 36.5 Å². The fourth-order valence-corrected chi connectivity index (χ4v) is 2.73. The second-order valence-electron chi connectivity index (χ2n) is 5.00. The van der Waals surface area contributed by atoms with Crippen LogP contribution in [-0.4, -0.2) is 24.2 Å². The number of ether oxygens (including phenoxy) is 1. The maximum absolute atomic E-state index is 6.13. The van der Waals surface area contributed by atoms with Gasteiger partial charge in [-0.1, -0.05) is 23.2 Å². The van der Waals surface area contributed by atoms with Gasteiger partial charge in [0.25, 0.3) is 0 Å². The van der Waals surface area contributed by atoms with E-state index in [9.17, 15) is 0 Å². The minimum Gasteiger partial charge on any atom is -0.487 e. The maximum atomic E-state index is 6.13. The molecule has 0 radical (unpaired) electrons. The van der Waals surface area contributed by atoms with E-state index in [-0.39, 0.29) is 6.10 Å². The zero-order valence-corrected chi connectivity index (χ0v) is 12.8. The summed E-state index contributed by atoms with van der Waals surface area (Å²) in [6, 6.07) is 9.05. The minimum absolute atomic E-state index is 0.0867. The molecule has 4 nitrogen and oxygen atoms in total. The van der Waals surface area contributed by atoms with Crippen LogP contribution >= 0.6 is 23.2 Å². The maximum Gasteiger partial charge on any atom is 0.138 e. The average Bonchev–Trinajstić information content (AvgIpc) is 2.91. The molecule has 1 atom stereocenters. The highest BCUT2D eigenvalue weighted by Crippen LogP contribution is 2.29. The minimum atomic E-state index is 0.0867. The molecule has 0 amide bonds. The van der Waals surface area contributed by atoms with Crippen LogP contribution in [0.3, 0.4) is 0 Å². The van der Waals surface area contributed by atoms with Gasteiger partial charge in [0, 0.05) is 24.8 Å². The van der Waals surface area contributed by atoms with Crippen LogP contribution in [0, 0.1) is 0 Å². The summed E-state index contributed by atoms with van der Waals surface area (Å²) in [5, 5.41) is 1.18. The fourth-order valence-electron chi connectivity index (χ4n) is 2.38. The fraction of sp³-hybridized carbons (Fsp3) is 0.267. The lowest BCUT2D eigenvalue weighted by Gasteiger charge is -2.18. The molecule has 1 aromatic heterocycles. The molecule has 1 saturated heterocycles. The largest absolute Gasteiger partial charge is 0.487 e. The number of nitrogen functional groups attached to an aromatic ring is 1. The highest BCUT2D eigenvalue weighted by Gasteiger charge is 2.25. The highest BCUT2D eigenvalue weighted by molar-refractivity contribution is 6.32. The molecule has 3 rings (SSSR count). The van der Waals surface area contributed by atoms with E-state index in [0.717, 1.165) is 25.3 Å². The van der Waals surface area contributed by atoms with Gasteiger partial charge in [-0.25, -0.2) is 4.98 Å². The molecule has 0 bridgehead atoms. The third kappa shape index (κ3) is 3.34. The lowest BCUT2D eigenvalue weighted by molar-refractivity contribution is 0.225. The van der Waals surface area contributed by atoms with Gasteiger partial charge in [-0.15, -0.1) is 0 Å². The Balaban J connectivity index is 1.65. The molecular formula is C15H15Cl2N3O. The number of halogens is 2. The summed E-state index contributed by atoms with van der Waals surface area (Å²) >= 11 is 12.0. The van der Waals surface area contributed by atoms with Crippen molar-refractivity contribution in [3.63, 3.8) is 0 Å². The summed E-state index contributed by atoms with van der Waals surface area (Å²) in [7, 11) is 0. The number of aromatic nitrogens is 1. The van der Waals surface area contributed by atoms with Gasteiger partial charge in [0.15, 0.2) is 0 Å². The van der Waals surface area contributed by atoms with Crippen molar-refractivity contribution in [2.75, 3.05) is 23.7 Å². The third-order valence-electron chi connectivity index (χ3n) is 3.43. The van der Waals surface area contributed by atoms with Crippen LogP contribution in [0.1, 0.15) is 6.42 Å². The van der Waals surface area contributed by atoms with Crippen molar-refractivity contribution in [2.45, 2.75) is 12.5 Å². The first kappa shape index (κ1) is 14.3. The van der Waals surface area contributed by atoms with Crippen LogP contribution < -0.4 is 15.4 Å². The third-order valence-corrected chi connectivity index (χ3v) is 3.95. The number of hydrogen-bond donors (Lipinski definition) is 1. The monoisotopic (exact) mass is 323 g/mol. The van der Waals surface area contributed by atoms with Gasteiger partial charge in [-0.2, -0.15) is 0 Å². The summed E-state index contributed by atoms with van der Waals surface area (Å²) in [4.78, 5) is 6.50.